The van der Waals surface area contributed by atoms with Crippen molar-refractivity contribution in [3.05, 3.63) is 24.0 Å². The number of rotatable bonds is 8. The fourth-order valence-electron chi connectivity index (χ4n) is 3.35. The molecular weight excluding hydrogens is 320 g/mol. The standard InChI is InChI=1S/C19H30N2O4/c1-13(2)10-17(20)19(24,18(22)23)12-14-11-16(8-9-21-14)25-15-6-4-3-5-7-15/h8-9,11,13,15,17,24H,3-7,10,12,20H2,1-2H3,(H,22,23). The first-order chi connectivity index (χ1) is 11.8. The summed E-state index contributed by atoms with van der Waals surface area (Å²) < 4.78 is 6.00. The third-order valence-electron chi connectivity index (χ3n) is 4.80. The summed E-state index contributed by atoms with van der Waals surface area (Å²) in [5, 5.41) is 20.2. The Labute approximate surface area is 149 Å². The lowest BCUT2D eigenvalue weighted by atomic mass is 9.84. The number of hydrogen-bond donors (Lipinski definition) is 3. The maximum atomic E-state index is 11.7. The number of aromatic nitrogens is 1. The number of nitrogens with zero attached hydrogens (tertiary/aromatic N) is 1. The third-order valence-corrected chi connectivity index (χ3v) is 4.80. The van der Waals surface area contributed by atoms with E-state index in [4.69, 9.17) is 10.5 Å². The molecule has 2 atom stereocenters. The summed E-state index contributed by atoms with van der Waals surface area (Å²) in [4.78, 5) is 15.9. The van der Waals surface area contributed by atoms with Gasteiger partial charge in [0.15, 0.2) is 5.60 Å². The van der Waals surface area contributed by atoms with Gasteiger partial charge in [-0.25, -0.2) is 4.79 Å². The number of nitrogens with two attached hydrogens (primary N) is 1. The Hall–Kier alpha value is -1.66. The quantitative estimate of drug-likeness (QED) is 0.665. The minimum absolute atomic E-state index is 0.141. The molecule has 2 unspecified atom stereocenters. The second-order valence-electron chi connectivity index (χ2n) is 7.50. The van der Waals surface area contributed by atoms with Crippen LogP contribution in [0.1, 0.15) is 58.1 Å². The monoisotopic (exact) mass is 350 g/mol. The predicted octanol–water partition coefficient (Wildman–Crippen LogP) is 2.52. The smallest absolute Gasteiger partial charge is 0.337 e. The van der Waals surface area contributed by atoms with Crippen molar-refractivity contribution in [2.45, 2.75) is 76.5 Å². The van der Waals surface area contributed by atoms with E-state index in [2.05, 4.69) is 4.98 Å². The van der Waals surface area contributed by atoms with E-state index in [-0.39, 0.29) is 18.4 Å². The van der Waals surface area contributed by atoms with E-state index in [9.17, 15) is 15.0 Å². The number of carboxylic acid groups (broad SMARTS) is 1. The molecule has 0 bridgehead atoms. The topological polar surface area (TPSA) is 106 Å². The van der Waals surface area contributed by atoms with Crippen LogP contribution in [0.4, 0.5) is 0 Å². The Morgan fingerprint density at radius 2 is 2.08 bits per heavy atom. The molecule has 0 saturated heterocycles. The van der Waals surface area contributed by atoms with Crippen LogP contribution >= 0.6 is 0 Å². The first kappa shape index (κ1) is 19.7. The molecule has 0 aliphatic heterocycles. The van der Waals surface area contributed by atoms with Gasteiger partial charge < -0.3 is 20.7 Å². The number of aliphatic carboxylic acids is 1. The van der Waals surface area contributed by atoms with Gasteiger partial charge in [0.05, 0.1) is 6.10 Å². The highest BCUT2D eigenvalue weighted by Gasteiger charge is 2.43. The number of pyridine rings is 1. The highest BCUT2D eigenvalue weighted by atomic mass is 16.5. The summed E-state index contributed by atoms with van der Waals surface area (Å²) in [6.07, 6.45) is 7.73. The minimum Gasteiger partial charge on any atom is -0.490 e. The van der Waals surface area contributed by atoms with Crippen molar-refractivity contribution < 1.29 is 19.7 Å². The summed E-state index contributed by atoms with van der Waals surface area (Å²) in [6.45, 7) is 3.89. The van der Waals surface area contributed by atoms with Crippen LogP contribution in [0.25, 0.3) is 0 Å². The first-order valence-electron chi connectivity index (χ1n) is 9.14. The number of carbonyl (C=O) groups is 1. The lowest BCUT2D eigenvalue weighted by Crippen LogP contribution is -2.56. The van der Waals surface area contributed by atoms with Crippen molar-refractivity contribution in [2.24, 2.45) is 11.7 Å². The molecule has 0 spiro atoms. The van der Waals surface area contributed by atoms with Crippen molar-refractivity contribution >= 4 is 5.97 Å². The van der Waals surface area contributed by atoms with Gasteiger partial charge in [-0.05, 0) is 44.1 Å². The molecule has 2 rings (SSSR count). The third kappa shape index (κ3) is 5.41. The highest BCUT2D eigenvalue weighted by Crippen LogP contribution is 2.26. The summed E-state index contributed by atoms with van der Waals surface area (Å²) in [5.74, 6) is -0.460. The van der Waals surface area contributed by atoms with Crippen molar-refractivity contribution in [3.8, 4) is 5.75 Å². The first-order valence-corrected chi connectivity index (χ1v) is 9.14. The maximum absolute atomic E-state index is 11.7. The SMILES string of the molecule is CC(C)CC(N)C(O)(Cc1cc(OC2CCCCC2)ccn1)C(=O)O. The Bertz CT molecular complexity index is 572. The van der Waals surface area contributed by atoms with Crippen LogP contribution in [0.15, 0.2) is 18.3 Å². The van der Waals surface area contributed by atoms with Crippen LogP contribution in [-0.4, -0.2) is 38.9 Å². The average Bonchev–Trinajstić information content (AvgIpc) is 2.55. The zero-order valence-corrected chi connectivity index (χ0v) is 15.1. The van der Waals surface area contributed by atoms with E-state index < -0.39 is 17.6 Å². The number of ether oxygens (including phenoxy) is 1. The Balaban J connectivity index is 2.10. The van der Waals surface area contributed by atoms with Gasteiger partial charge in [-0.3, -0.25) is 4.98 Å². The molecule has 6 heteroatoms. The van der Waals surface area contributed by atoms with Gasteiger partial charge in [-0.1, -0.05) is 20.3 Å². The number of aliphatic hydroxyl groups is 1. The second kappa shape index (κ2) is 8.63. The number of carboxylic acids is 1. The van der Waals surface area contributed by atoms with Gasteiger partial charge in [0, 0.05) is 30.4 Å². The fourth-order valence-corrected chi connectivity index (χ4v) is 3.35. The Morgan fingerprint density at radius 1 is 1.40 bits per heavy atom. The van der Waals surface area contributed by atoms with Gasteiger partial charge in [0.2, 0.25) is 0 Å². The molecule has 1 heterocycles. The minimum atomic E-state index is -2.04. The zero-order valence-electron chi connectivity index (χ0n) is 15.1. The summed E-state index contributed by atoms with van der Waals surface area (Å²) in [7, 11) is 0. The van der Waals surface area contributed by atoms with E-state index in [1.54, 1.807) is 18.3 Å². The van der Waals surface area contributed by atoms with Crippen molar-refractivity contribution in [3.63, 3.8) is 0 Å². The molecule has 1 saturated carbocycles. The van der Waals surface area contributed by atoms with Crippen LogP contribution in [0.3, 0.4) is 0 Å². The molecule has 0 aromatic carbocycles. The van der Waals surface area contributed by atoms with E-state index in [0.29, 0.717) is 17.9 Å². The zero-order chi connectivity index (χ0) is 18.4. The number of hydrogen-bond acceptors (Lipinski definition) is 5. The summed E-state index contributed by atoms with van der Waals surface area (Å²) in [5.41, 5.74) is 4.43. The molecule has 1 fully saturated rings. The molecule has 1 aliphatic carbocycles. The van der Waals surface area contributed by atoms with Crippen LogP contribution in [0.5, 0.6) is 5.75 Å². The van der Waals surface area contributed by atoms with Crippen molar-refractivity contribution in [1.29, 1.82) is 0 Å². The normalized spacial score (nSPS) is 19.4. The van der Waals surface area contributed by atoms with Crippen molar-refractivity contribution in [1.82, 2.24) is 4.98 Å². The van der Waals surface area contributed by atoms with Crippen LogP contribution in [0.2, 0.25) is 0 Å². The molecule has 1 aliphatic rings. The molecular formula is C19H30N2O4. The van der Waals surface area contributed by atoms with E-state index in [1.807, 2.05) is 13.8 Å². The Morgan fingerprint density at radius 3 is 2.68 bits per heavy atom. The van der Waals surface area contributed by atoms with Crippen molar-refractivity contribution in [2.75, 3.05) is 0 Å². The van der Waals surface area contributed by atoms with E-state index >= 15 is 0 Å². The molecule has 140 valence electrons. The van der Waals surface area contributed by atoms with E-state index in [0.717, 1.165) is 12.8 Å². The van der Waals surface area contributed by atoms with Crippen LogP contribution in [0, 0.1) is 5.92 Å². The fraction of sp³-hybridized carbons (Fsp3) is 0.684. The molecule has 6 nitrogen and oxygen atoms in total. The maximum Gasteiger partial charge on any atom is 0.337 e. The van der Waals surface area contributed by atoms with Gasteiger partial charge in [0.25, 0.3) is 0 Å². The molecule has 1 aromatic heterocycles. The van der Waals surface area contributed by atoms with Crippen LogP contribution < -0.4 is 10.5 Å². The second-order valence-corrected chi connectivity index (χ2v) is 7.50. The molecule has 0 radical (unpaired) electrons. The largest absolute Gasteiger partial charge is 0.490 e. The molecule has 25 heavy (non-hydrogen) atoms. The van der Waals surface area contributed by atoms with Gasteiger partial charge >= 0.3 is 5.97 Å². The van der Waals surface area contributed by atoms with Gasteiger partial charge in [0.1, 0.15) is 5.75 Å². The molecule has 1 aromatic rings. The molecule has 4 N–H and O–H groups in total. The predicted molar refractivity (Wildman–Crippen MR) is 95.5 cm³/mol. The highest BCUT2D eigenvalue weighted by molar-refractivity contribution is 5.78. The summed E-state index contributed by atoms with van der Waals surface area (Å²) >= 11 is 0. The Kier molecular flexibility index (Phi) is 6.79. The van der Waals surface area contributed by atoms with Gasteiger partial charge in [-0.15, -0.1) is 0 Å². The average molecular weight is 350 g/mol. The van der Waals surface area contributed by atoms with E-state index in [1.165, 1.54) is 19.3 Å². The summed E-state index contributed by atoms with van der Waals surface area (Å²) in [6, 6.07) is 2.62. The molecule has 0 amide bonds. The van der Waals surface area contributed by atoms with Crippen LogP contribution in [-0.2, 0) is 11.2 Å². The lowest BCUT2D eigenvalue weighted by molar-refractivity contribution is -0.161. The lowest BCUT2D eigenvalue weighted by Gasteiger charge is -2.30. The van der Waals surface area contributed by atoms with Gasteiger partial charge in [-0.2, -0.15) is 0 Å².